The maximum atomic E-state index is 12.3. The molecule has 0 aromatic heterocycles. The first kappa shape index (κ1) is 13.7. The molecule has 0 aromatic rings. The summed E-state index contributed by atoms with van der Waals surface area (Å²) in [5.41, 5.74) is 0. The summed E-state index contributed by atoms with van der Waals surface area (Å²) in [7, 11) is 0. The molecule has 3 aliphatic heterocycles. The summed E-state index contributed by atoms with van der Waals surface area (Å²) in [5.74, 6) is -1.07. The van der Waals surface area contributed by atoms with Crippen molar-refractivity contribution < 1.29 is 19.4 Å². The molecule has 0 saturated carbocycles. The smallest absolute Gasteiger partial charge is 0.317 e. The molecule has 20 heavy (non-hydrogen) atoms. The van der Waals surface area contributed by atoms with Gasteiger partial charge in [-0.2, -0.15) is 0 Å². The van der Waals surface area contributed by atoms with Crippen LogP contribution in [0, 0.1) is 5.92 Å². The molecule has 0 aromatic carbocycles. The Morgan fingerprint density at radius 1 is 1.25 bits per heavy atom. The molecule has 5 atom stereocenters. The minimum Gasteiger partial charge on any atom is -0.481 e. The molecule has 2 N–H and O–H groups in total. The largest absolute Gasteiger partial charge is 0.481 e. The van der Waals surface area contributed by atoms with Gasteiger partial charge in [0, 0.05) is 12.6 Å². The second kappa shape index (κ2) is 5.24. The maximum Gasteiger partial charge on any atom is 0.317 e. The topological polar surface area (TPSA) is 78.9 Å². The fourth-order valence-corrected chi connectivity index (χ4v) is 3.73. The summed E-state index contributed by atoms with van der Waals surface area (Å²) in [6, 6.07) is 0.0393. The van der Waals surface area contributed by atoms with Crippen molar-refractivity contribution in [1.82, 2.24) is 10.2 Å². The summed E-state index contributed by atoms with van der Waals surface area (Å²) < 4.78 is 5.74. The Balaban J connectivity index is 1.54. The van der Waals surface area contributed by atoms with Gasteiger partial charge in [0.05, 0.1) is 24.2 Å². The van der Waals surface area contributed by atoms with E-state index in [2.05, 4.69) is 5.32 Å². The lowest BCUT2D eigenvalue weighted by Crippen LogP contribution is -2.53. The highest BCUT2D eigenvalue weighted by Crippen LogP contribution is 2.34. The molecule has 3 heterocycles. The Morgan fingerprint density at radius 2 is 2.05 bits per heavy atom. The molecule has 6 heteroatoms. The van der Waals surface area contributed by atoms with E-state index >= 15 is 0 Å². The molecule has 3 fully saturated rings. The van der Waals surface area contributed by atoms with Crippen LogP contribution in [0.2, 0.25) is 0 Å². The van der Waals surface area contributed by atoms with E-state index in [0.29, 0.717) is 25.5 Å². The number of hydrogen-bond acceptors (Lipinski definition) is 3. The number of hydrogen-bond donors (Lipinski definition) is 2. The van der Waals surface area contributed by atoms with Crippen LogP contribution in [-0.2, 0) is 9.53 Å². The summed E-state index contributed by atoms with van der Waals surface area (Å²) in [4.78, 5) is 25.1. The number of likely N-dealkylation sites (tertiary alicyclic amines) is 1. The maximum absolute atomic E-state index is 12.3. The minimum atomic E-state index is -0.751. The highest BCUT2D eigenvalue weighted by Gasteiger charge is 2.42. The summed E-state index contributed by atoms with van der Waals surface area (Å²) >= 11 is 0. The molecule has 3 rings (SSSR count). The van der Waals surface area contributed by atoms with E-state index in [1.807, 2.05) is 6.92 Å². The van der Waals surface area contributed by atoms with Gasteiger partial charge in [-0.1, -0.05) is 0 Å². The van der Waals surface area contributed by atoms with Crippen LogP contribution in [0.15, 0.2) is 0 Å². The average Bonchev–Trinajstić information content (AvgIpc) is 3.00. The van der Waals surface area contributed by atoms with Crippen molar-refractivity contribution in [3.63, 3.8) is 0 Å². The Bertz CT molecular complexity index is 414. The first-order valence-electron chi connectivity index (χ1n) is 7.50. The lowest BCUT2D eigenvalue weighted by molar-refractivity contribution is -0.143. The Kier molecular flexibility index (Phi) is 3.58. The first-order chi connectivity index (χ1) is 9.54. The van der Waals surface area contributed by atoms with Crippen molar-refractivity contribution in [2.24, 2.45) is 5.92 Å². The van der Waals surface area contributed by atoms with E-state index in [1.165, 1.54) is 0 Å². The lowest BCUT2D eigenvalue weighted by Gasteiger charge is -2.37. The summed E-state index contributed by atoms with van der Waals surface area (Å²) in [5, 5.41) is 12.1. The average molecular weight is 282 g/mol. The zero-order valence-corrected chi connectivity index (χ0v) is 11.7. The molecule has 5 unspecified atom stereocenters. The number of urea groups is 1. The Labute approximate surface area is 118 Å². The van der Waals surface area contributed by atoms with Gasteiger partial charge in [0.15, 0.2) is 0 Å². The van der Waals surface area contributed by atoms with Crippen molar-refractivity contribution in [3.8, 4) is 0 Å². The number of nitrogens with one attached hydrogen (secondary N) is 1. The van der Waals surface area contributed by atoms with Gasteiger partial charge in [0.1, 0.15) is 0 Å². The number of fused-ring (bicyclic) bond motifs is 2. The number of carboxylic acid groups (broad SMARTS) is 1. The summed E-state index contributed by atoms with van der Waals surface area (Å²) in [6.07, 6.45) is 4.63. The molecule has 112 valence electrons. The van der Waals surface area contributed by atoms with Gasteiger partial charge in [-0.15, -0.1) is 0 Å². The van der Waals surface area contributed by atoms with Gasteiger partial charge in [0.25, 0.3) is 0 Å². The van der Waals surface area contributed by atoms with Crippen LogP contribution in [0.5, 0.6) is 0 Å². The Hall–Kier alpha value is -1.30. The number of carbonyl (C=O) groups excluding carboxylic acids is 1. The lowest BCUT2D eigenvalue weighted by atomic mass is 9.92. The molecule has 3 aliphatic rings. The number of aliphatic carboxylic acids is 1. The molecule has 2 amide bonds. The highest BCUT2D eigenvalue weighted by molar-refractivity contribution is 5.76. The van der Waals surface area contributed by atoms with E-state index in [0.717, 1.165) is 19.3 Å². The van der Waals surface area contributed by atoms with Crippen LogP contribution < -0.4 is 5.32 Å². The molecule has 0 spiro atoms. The number of ether oxygens (including phenoxy) is 1. The third-order valence-corrected chi connectivity index (χ3v) is 4.90. The van der Waals surface area contributed by atoms with Crippen molar-refractivity contribution in [1.29, 1.82) is 0 Å². The zero-order chi connectivity index (χ0) is 14.3. The summed E-state index contributed by atoms with van der Waals surface area (Å²) in [6.45, 7) is 2.44. The molecule has 3 saturated heterocycles. The van der Waals surface area contributed by atoms with Crippen LogP contribution in [0.25, 0.3) is 0 Å². The predicted octanol–water partition coefficient (Wildman–Crippen LogP) is 1.20. The monoisotopic (exact) mass is 282 g/mol. The van der Waals surface area contributed by atoms with Gasteiger partial charge >= 0.3 is 12.0 Å². The molecular formula is C14H22N2O4. The molecular weight excluding hydrogens is 260 g/mol. The Morgan fingerprint density at radius 3 is 2.60 bits per heavy atom. The van der Waals surface area contributed by atoms with E-state index < -0.39 is 5.97 Å². The van der Waals surface area contributed by atoms with Crippen molar-refractivity contribution in [2.75, 3.05) is 6.54 Å². The van der Waals surface area contributed by atoms with Crippen LogP contribution in [-0.4, -0.2) is 52.8 Å². The van der Waals surface area contributed by atoms with Gasteiger partial charge in [-0.3, -0.25) is 4.79 Å². The third-order valence-electron chi connectivity index (χ3n) is 4.90. The first-order valence-corrected chi connectivity index (χ1v) is 7.50. The second-order valence-corrected chi connectivity index (χ2v) is 6.27. The number of amides is 2. The number of nitrogens with zero attached hydrogens (tertiary/aromatic N) is 1. The fraction of sp³-hybridized carbons (Fsp3) is 0.857. The minimum absolute atomic E-state index is 0.0237. The number of carboxylic acids is 1. The zero-order valence-electron chi connectivity index (χ0n) is 11.7. The van der Waals surface area contributed by atoms with Crippen LogP contribution >= 0.6 is 0 Å². The third kappa shape index (κ3) is 2.49. The van der Waals surface area contributed by atoms with Crippen LogP contribution in [0.1, 0.15) is 39.0 Å². The molecule has 0 radical (unpaired) electrons. The van der Waals surface area contributed by atoms with E-state index in [4.69, 9.17) is 9.84 Å². The number of piperidine rings is 1. The van der Waals surface area contributed by atoms with E-state index in [9.17, 15) is 9.59 Å². The van der Waals surface area contributed by atoms with Gasteiger partial charge < -0.3 is 20.1 Å². The normalized spacial score (nSPS) is 39.9. The number of carbonyl (C=O) groups is 2. The number of rotatable bonds is 2. The van der Waals surface area contributed by atoms with Crippen LogP contribution in [0.4, 0.5) is 4.79 Å². The second-order valence-electron chi connectivity index (χ2n) is 6.27. The van der Waals surface area contributed by atoms with Crippen LogP contribution in [0.3, 0.4) is 0 Å². The fourth-order valence-electron chi connectivity index (χ4n) is 3.73. The molecule has 2 bridgehead atoms. The van der Waals surface area contributed by atoms with Crippen molar-refractivity contribution in [2.45, 2.75) is 63.3 Å². The molecule has 6 nitrogen and oxygen atoms in total. The SMILES string of the molecule is CC1CC(C(=O)O)CCN1C(=O)NC1CC2CCC1O2. The van der Waals surface area contributed by atoms with Crippen molar-refractivity contribution in [3.05, 3.63) is 0 Å². The van der Waals surface area contributed by atoms with Gasteiger partial charge in [0.2, 0.25) is 0 Å². The van der Waals surface area contributed by atoms with Gasteiger partial charge in [-0.25, -0.2) is 4.79 Å². The standard InChI is InChI=1S/C14H22N2O4/c1-8-6-9(13(17)18)4-5-16(8)14(19)15-11-7-10-2-3-12(11)20-10/h8-12H,2-7H2,1H3,(H,15,19)(H,17,18). The quantitative estimate of drug-likeness (QED) is 0.797. The highest BCUT2D eigenvalue weighted by atomic mass is 16.5. The van der Waals surface area contributed by atoms with E-state index in [-0.39, 0.29) is 30.1 Å². The van der Waals surface area contributed by atoms with Gasteiger partial charge in [-0.05, 0) is 39.0 Å². The van der Waals surface area contributed by atoms with E-state index in [1.54, 1.807) is 4.90 Å². The molecule has 0 aliphatic carbocycles. The predicted molar refractivity (Wildman–Crippen MR) is 71.4 cm³/mol. The van der Waals surface area contributed by atoms with Crippen molar-refractivity contribution >= 4 is 12.0 Å².